The molecule has 0 heterocycles. The molecule has 2 aromatic carbocycles. The van der Waals surface area contributed by atoms with E-state index in [1.54, 1.807) is 0 Å². The van der Waals surface area contributed by atoms with E-state index in [1.807, 2.05) is 30.3 Å². The minimum absolute atomic E-state index is 0.805. The summed E-state index contributed by atoms with van der Waals surface area (Å²) in [7, 11) is 0. The lowest BCUT2D eigenvalue weighted by atomic mass is 10.2. The fourth-order valence-electron chi connectivity index (χ4n) is 1.48. The van der Waals surface area contributed by atoms with Crippen LogP contribution in [0, 0.1) is 0 Å². The van der Waals surface area contributed by atoms with Gasteiger partial charge in [-0.1, -0.05) is 44.0 Å². The topological polar surface area (TPSA) is 12.0 Å². The Bertz CT molecular complexity index is 526. The predicted octanol–water partition coefficient (Wildman–Crippen LogP) is 5.59. The lowest BCUT2D eigenvalue weighted by Gasteiger charge is -2.09. The number of hydrogen-bond donors (Lipinski definition) is 1. The third-order valence-corrected chi connectivity index (χ3v) is 3.95. The summed E-state index contributed by atoms with van der Waals surface area (Å²) in [5.74, 6) is 0. The average molecular weight is 420 g/mol. The smallest absolute Gasteiger partial charge is 0.0488 e. The molecule has 0 amide bonds. The predicted molar refractivity (Wildman–Crippen MR) is 83.3 cm³/mol. The van der Waals surface area contributed by atoms with Gasteiger partial charge in [0.1, 0.15) is 0 Å². The zero-order chi connectivity index (χ0) is 12.3. The van der Waals surface area contributed by atoms with Gasteiger partial charge in [-0.15, -0.1) is 0 Å². The molecule has 17 heavy (non-hydrogen) atoms. The standard InChI is InChI=1S/C13H10Br3N/c14-10-3-1-2-9(6-10)8-17-13-5-4-11(15)7-12(13)16/h1-7,17H,8H2. The number of nitrogens with one attached hydrogen (secondary N) is 1. The molecule has 0 radical (unpaired) electrons. The minimum Gasteiger partial charge on any atom is -0.380 e. The van der Waals surface area contributed by atoms with Gasteiger partial charge in [-0.2, -0.15) is 0 Å². The minimum atomic E-state index is 0.805. The first kappa shape index (κ1) is 13.1. The molecular weight excluding hydrogens is 410 g/mol. The van der Waals surface area contributed by atoms with E-state index in [-0.39, 0.29) is 0 Å². The van der Waals surface area contributed by atoms with Gasteiger partial charge in [-0.05, 0) is 51.8 Å². The summed E-state index contributed by atoms with van der Waals surface area (Å²) < 4.78 is 3.23. The molecule has 0 fully saturated rings. The SMILES string of the molecule is Brc1cccc(CNc2ccc(Br)cc2Br)c1. The fraction of sp³-hybridized carbons (Fsp3) is 0.0769. The Hall–Kier alpha value is -0.320. The first-order valence-electron chi connectivity index (χ1n) is 5.08. The van der Waals surface area contributed by atoms with Gasteiger partial charge >= 0.3 is 0 Å². The summed E-state index contributed by atoms with van der Waals surface area (Å²) in [6.07, 6.45) is 0. The first-order valence-corrected chi connectivity index (χ1v) is 7.46. The van der Waals surface area contributed by atoms with Crippen LogP contribution in [-0.2, 0) is 6.54 Å². The van der Waals surface area contributed by atoms with E-state index in [1.165, 1.54) is 5.56 Å². The van der Waals surface area contributed by atoms with Crippen LogP contribution < -0.4 is 5.32 Å². The van der Waals surface area contributed by atoms with Crippen LogP contribution in [0.4, 0.5) is 5.69 Å². The Morgan fingerprint density at radius 2 is 1.65 bits per heavy atom. The molecule has 0 saturated carbocycles. The van der Waals surface area contributed by atoms with Gasteiger partial charge in [0.25, 0.3) is 0 Å². The van der Waals surface area contributed by atoms with Crippen molar-refractivity contribution in [3.63, 3.8) is 0 Å². The molecule has 0 aliphatic carbocycles. The van der Waals surface area contributed by atoms with Crippen LogP contribution in [0.25, 0.3) is 0 Å². The van der Waals surface area contributed by atoms with Gasteiger partial charge < -0.3 is 5.32 Å². The molecule has 88 valence electrons. The van der Waals surface area contributed by atoms with Crippen molar-refractivity contribution in [3.8, 4) is 0 Å². The zero-order valence-electron chi connectivity index (χ0n) is 8.88. The Morgan fingerprint density at radius 1 is 0.882 bits per heavy atom. The van der Waals surface area contributed by atoms with Crippen molar-refractivity contribution < 1.29 is 0 Å². The molecule has 0 spiro atoms. The van der Waals surface area contributed by atoms with Gasteiger partial charge in [0.05, 0.1) is 0 Å². The second-order valence-corrected chi connectivity index (χ2v) is 6.29. The molecule has 0 saturated heterocycles. The number of halogens is 3. The molecule has 0 aromatic heterocycles. The maximum Gasteiger partial charge on any atom is 0.0488 e. The summed E-state index contributed by atoms with van der Waals surface area (Å²) >= 11 is 10.4. The van der Waals surface area contributed by atoms with Gasteiger partial charge in [0.15, 0.2) is 0 Å². The van der Waals surface area contributed by atoms with Crippen molar-refractivity contribution in [2.24, 2.45) is 0 Å². The molecule has 0 aliphatic rings. The zero-order valence-corrected chi connectivity index (χ0v) is 13.6. The number of benzene rings is 2. The van der Waals surface area contributed by atoms with Gasteiger partial charge in [-0.3, -0.25) is 0 Å². The van der Waals surface area contributed by atoms with Crippen molar-refractivity contribution in [1.82, 2.24) is 0 Å². The molecule has 0 unspecified atom stereocenters. The van der Waals surface area contributed by atoms with E-state index in [0.717, 1.165) is 25.7 Å². The lowest BCUT2D eigenvalue weighted by Crippen LogP contribution is -1.99. The average Bonchev–Trinajstić information content (AvgIpc) is 2.28. The van der Waals surface area contributed by atoms with Crippen LogP contribution in [0.3, 0.4) is 0 Å². The van der Waals surface area contributed by atoms with Crippen molar-refractivity contribution >= 4 is 53.5 Å². The Morgan fingerprint density at radius 3 is 2.35 bits per heavy atom. The van der Waals surface area contributed by atoms with E-state index in [0.29, 0.717) is 0 Å². The van der Waals surface area contributed by atoms with Gasteiger partial charge in [0.2, 0.25) is 0 Å². The van der Waals surface area contributed by atoms with E-state index in [4.69, 9.17) is 0 Å². The molecule has 0 atom stereocenters. The van der Waals surface area contributed by atoms with Crippen LogP contribution in [0.15, 0.2) is 55.9 Å². The van der Waals surface area contributed by atoms with Crippen LogP contribution in [0.5, 0.6) is 0 Å². The number of anilines is 1. The highest BCUT2D eigenvalue weighted by molar-refractivity contribution is 9.11. The molecule has 1 nitrogen and oxygen atoms in total. The van der Waals surface area contributed by atoms with E-state index in [2.05, 4.69) is 65.2 Å². The normalized spacial score (nSPS) is 10.3. The van der Waals surface area contributed by atoms with Crippen molar-refractivity contribution in [2.45, 2.75) is 6.54 Å². The quantitative estimate of drug-likeness (QED) is 0.684. The van der Waals surface area contributed by atoms with Crippen LogP contribution >= 0.6 is 47.8 Å². The van der Waals surface area contributed by atoms with Gasteiger partial charge in [0, 0.05) is 25.7 Å². The second kappa shape index (κ2) is 6.03. The molecule has 2 rings (SSSR count). The maximum absolute atomic E-state index is 3.53. The van der Waals surface area contributed by atoms with Crippen molar-refractivity contribution in [3.05, 3.63) is 61.4 Å². The van der Waals surface area contributed by atoms with Gasteiger partial charge in [-0.25, -0.2) is 0 Å². The summed E-state index contributed by atoms with van der Waals surface area (Å²) in [5.41, 5.74) is 2.34. The summed E-state index contributed by atoms with van der Waals surface area (Å²) in [5, 5.41) is 3.40. The number of hydrogen-bond acceptors (Lipinski definition) is 1. The summed E-state index contributed by atoms with van der Waals surface area (Å²) in [4.78, 5) is 0. The van der Waals surface area contributed by atoms with Crippen LogP contribution in [0.2, 0.25) is 0 Å². The monoisotopic (exact) mass is 417 g/mol. The third kappa shape index (κ3) is 3.83. The van der Waals surface area contributed by atoms with Crippen LogP contribution in [-0.4, -0.2) is 0 Å². The largest absolute Gasteiger partial charge is 0.380 e. The van der Waals surface area contributed by atoms with Crippen molar-refractivity contribution in [2.75, 3.05) is 5.32 Å². The molecule has 0 aliphatic heterocycles. The van der Waals surface area contributed by atoms with E-state index >= 15 is 0 Å². The highest BCUT2D eigenvalue weighted by Gasteiger charge is 2.00. The lowest BCUT2D eigenvalue weighted by molar-refractivity contribution is 1.14. The molecular formula is C13H10Br3N. The maximum atomic E-state index is 3.53. The molecule has 1 N–H and O–H groups in total. The summed E-state index contributed by atoms with van der Waals surface area (Å²) in [6, 6.07) is 14.4. The van der Waals surface area contributed by atoms with E-state index < -0.39 is 0 Å². The molecule has 2 aromatic rings. The number of rotatable bonds is 3. The molecule has 4 heteroatoms. The second-order valence-electron chi connectivity index (χ2n) is 3.61. The first-order chi connectivity index (χ1) is 8.15. The highest BCUT2D eigenvalue weighted by atomic mass is 79.9. The fourth-order valence-corrected chi connectivity index (χ4v) is 3.11. The summed E-state index contributed by atoms with van der Waals surface area (Å²) in [6.45, 7) is 0.805. The van der Waals surface area contributed by atoms with Crippen LogP contribution in [0.1, 0.15) is 5.56 Å². The highest BCUT2D eigenvalue weighted by Crippen LogP contribution is 2.26. The molecule has 0 bridgehead atoms. The Balaban J connectivity index is 2.07. The Kier molecular flexibility index (Phi) is 4.65. The Labute approximate surface area is 126 Å². The third-order valence-electron chi connectivity index (χ3n) is 2.30. The van der Waals surface area contributed by atoms with E-state index in [9.17, 15) is 0 Å². The van der Waals surface area contributed by atoms with Crippen molar-refractivity contribution in [1.29, 1.82) is 0 Å².